The Morgan fingerprint density at radius 2 is 1.54 bits per heavy atom. The third-order valence-electron chi connectivity index (χ3n) is 5.90. The Kier molecular flexibility index (Phi) is 8.64. The molecule has 0 aliphatic heterocycles. The van der Waals surface area contributed by atoms with Gasteiger partial charge in [0.15, 0.2) is 5.78 Å². The number of rotatable bonds is 9. The number of carbonyl (C=O) groups excluding carboxylic acids is 1. The van der Waals surface area contributed by atoms with Crippen molar-refractivity contribution >= 4 is 46.5 Å². The van der Waals surface area contributed by atoms with E-state index in [1.54, 1.807) is 6.07 Å². The van der Waals surface area contributed by atoms with Crippen LogP contribution >= 0.6 is 15.9 Å². The summed E-state index contributed by atoms with van der Waals surface area (Å²) in [4.78, 5) is 24.5. The summed E-state index contributed by atoms with van der Waals surface area (Å²) >= 11 is 3.10. The maximum Gasteiger partial charge on any atom is 0.404 e. The summed E-state index contributed by atoms with van der Waals surface area (Å²) in [6.07, 6.45) is -2.08. The highest BCUT2D eigenvalue weighted by Crippen LogP contribution is 2.38. The summed E-state index contributed by atoms with van der Waals surface area (Å²) in [5.41, 5.74) is 0.206. The largest absolute Gasteiger partial charge is 0.465 e. The second-order valence-electron chi connectivity index (χ2n) is 9.35. The van der Waals surface area contributed by atoms with Crippen molar-refractivity contribution in [1.29, 1.82) is 0 Å². The topological polar surface area (TPSA) is 75.6 Å². The van der Waals surface area contributed by atoms with E-state index < -0.39 is 26.3 Å². The first-order valence-electron chi connectivity index (χ1n) is 11.3. The number of amides is 1. The zero-order valence-electron chi connectivity index (χ0n) is 19.9. The lowest BCUT2D eigenvalue weighted by Gasteiger charge is -2.45. The van der Waals surface area contributed by atoms with Crippen molar-refractivity contribution in [3.63, 3.8) is 0 Å². The van der Waals surface area contributed by atoms with Gasteiger partial charge in [-0.05, 0) is 43.5 Å². The highest BCUT2D eigenvalue weighted by atomic mass is 79.9. The summed E-state index contributed by atoms with van der Waals surface area (Å²) in [5.74, 6) is -0.865. The van der Waals surface area contributed by atoms with Gasteiger partial charge in [-0.15, -0.1) is 0 Å². The molecule has 0 saturated heterocycles. The van der Waals surface area contributed by atoms with Crippen LogP contribution in [-0.2, 0) is 4.43 Å². The molecule has 1 atom stereocenters. The summed E-state index contributed by atoms with van der Waals surface area (Å²) in [7, 11) is -3.04. The van der Waals surface area contributed by atoms with E-state index in [-0.39, 0.29) is 33.8 Å². The summed E-state index contributed by atoms with van der Waals surface area (Å²) in [5, 5.41) is 13.3. The van der Waals surface area contributed by atoms with E-state index in [1.807, 2.05) is 60.7 Å². The van der Waals surface area contributed by atoms with Gasteiger partial charge in [0, 0.05) is 18.5 Å². The molecule has 8 heteroatoms. The van der Waals surface area contributed by atoms with Crippen LogP contribution < -0.4 is 15.7 Å². The summed E-state index contributed by atoms with van der Waals surface area (Å²) in [6, 6.07) is 24.0. The molecule has 3 aromatic carbocycles. The Hall–Kier alpha value is -2.81. The first kappa shape index (κ1) is 26.8. The molecule has 3 aromatic rings. The maximum atomic E-state index is 14.1. The van der Waals surface area contributed by atoms with E-state index in [9.17, 15) is 19.1 Å². The van der Waals surface area contributed by atoms with Gasteiger partial charge in [-0.3, -0.25) is 4.79 Å². The predicted molar refractivity (Wildman–Crippen MR) is 142 cm³/mol. The number of hydrogen-bond acceptors (Lipinski definition) is 3. The van der Waals surface area contributed by atoms with Crippen molar-refractivity contribution in [2.45, 2.75) is 38.3 Å². The molecule has 0 radical (unpaired) electrons. The van der Waals surface area contributed by atoms with Gasteiger partial charge in [-0.2, -0.15) is 0 Å². The average Bonchev–Trinajstić information content (AvgIpc) is 2.82. The molecular weight excluding hydrogens is 529 g/mol. The number of carbonyl (C=O) groups is 2. The number of halogens is 2. The predicted octanol–water partition coefficient (Wildman–Crippen LogP) is 5.37. The Labute approximate surface area is 214 Å². The number of hydrogen-bond donors (Lipinski definition) is 2. The molecule has 0 spiro atoms. The molecule has 0 heterocycles. The quantitative estimate of drug-likeness (QED) is 0.274. The fraction of sp³-hybridized carbons (Fsp3) is 0.259. The smallest absolute Gasteiger partial charge is 0.404 e. The molecule has 0 fully saturated rings. The van der Waals surface area contributed by atoms with E-state index in [1.165, 1.54) is 12.1 Å². The number of carboxylic acid groups (broad SMARTS) is 1. The summed E-state index contributed by atoms with van der Waals surface area (Å²) < 4.78 is 21.3. The maximum absolute atomic E-state index is 14.1. The van der Waals surface area contributed by atoms with Gasteiger partial charge < -0.3 is 14.8 Å². The monoisotopic (exact) mass is 557 g/mol. The molecule has 0 aliphatic carbocycles. The van der Waals surface area contributed by atoms with E-state index in [2.05, 4.69) is 42.0 Å². The lowest BCUT2D eigenvalue weighted by molar-refractivity contribution is 0.0891. The third kappa shape index (κ3) is 6.25. The van der Waals surface area contributed by atoms with Crippen molar-refractivity contribution in [2.75, 3.05) is 6.54 Å². The highest BCUT2D eigenvalue weighted by Gasteiger charge is 2.51. The summed E-state index contributed by atoms with van der Waals surface area (Å²) in [6.45, 7) is 6.23. The molecule has 2 N–H and O–H groups in total. The minimum absolute atomic E-state index is 0.0788. The molecule has 0 saturated carbocycles. The number of ketones is 1. The van der Waals surface area contributed by atoms with Gasteiger partial charge in [0.1, 0.15) is 5.82 Å². The van der Waals surface area contributed by atoms with E-state index in [0.29, 0.717) is 0 Å². The zero-order valence-corrected chi connectivity index (χ0v) is 22.5. The normalized spacial score (nSPS) is 12.7. The van der Waals surface area contributed by atoms with Crippen LogP contribution in [0.5, 0.6) is 0 Å². The van der Waals surface area contributed by atoms with Crippen molar-refractivity contribution in [2.24, 2.45) is 0 Å². The second kappa shape index (κ2) is 11.3. The van der Waals surface area contributed by atoms with Crippen LogP contribution in [0.4, 0.5) is 9.18 Å². The van der Waals surface area contributed by atoms with Gasteiger partial charge in [0.25, 0.3) is 8.32 Å². The molecular formula is C27H29BrFNO4Si. The molecule has 0 aliphatic rings. The molecule has 1 unspecified atom stereocenters. The van der Waals surface area contributed by atoms with Gasteiger partial charge in [-0.1, -0.05) is 87.5 Å². The van der Waals surface area contributed by atoms with Gasteiger partial charge in [0.05, 0.1) is 10.6 Å². The highest BCUT2D eigenvalue weighted by molar-refractivity contribution is 9.10. The number of nitrogens with one attached hydrogen (secondary N) is 1. The molecule has 35 heavy (non-hydrogen) atoms. The van der Waals surface area contributed by atoms with Crippen LogP contribution in [-0.4, -0.2) is 37.9 Å². The van der Waals surface area contributed by atoms with Crippen molar-refractivity contribution in [3.05, 3.63) is 94.7 Å². The van der Waals surface area contributed by atoms with Crippen molar-refractivity contribution in [3.8, 4) is 0 Å². The van der Waals surface area contributed by atoms with E-state index in [4.69, 9.17) is 4.43 Å². The molecule has 3 rings (SSSR count). The second-order valence-corrected chi connectivity index (χ2v) is 14.5. The first-order valence-corrected chi connectivity index (χ1v) is 14.0. The molecule has 0 aromatic heterocycles. The van der Waals surface area contributed by atoms with Crippen LogP contribution in [0.25, 0.3) is 0 Å². The van der Waals surface area contributed by atoms with Gasteiger partial charge in [-0.25, -0.2) is 9.18 Å². The van der Waals surface area contributed by atoms with Crippen molar-refractivity contribution < 1.29 is 23.5 Å². The standard InChI is InChI=1S/C27H29BrFNO4Si/c1-27(2,3)35(21-10-6-4-7-11-21,22-12-8-5-9-13-22)34-20(18-30-26(32)33)17-25(31)19-14-15-23(28)24(29)16-19/h4-16,20,30H,17-18H2,1-3H3,(H,32,33). The van der Waals surface area contributed by atoms with E-state index >= 15 is 0 Å². The SMILES string of the molecule is CC(C)(C)[Si](OC(CNC(=O)O)CC(=O)c1ccc(Br)c(F)c1)(c1ccccc1)c1ccccc1. The minimum atomic E-state index is -3.04. The third-order valence-corrected chi connectivity index (χ3v) is 11.6. The van der Waals surface area contributed by atoms with Crippen LogP contribution in [0, 0.1) is 5.82 Å². The Morgan fingerprint density at radius 3 is 2.00 bits per heavy atom. The van der Waals surface area contributed by atoms with Crippen LogP contribution in [0.3, 0.4) is 0 Å². The Balaban J connectivity index is 2.08. The number of Topliss-reactive ketones (excluding diaryl/α,β-unsaturated/α-hetero) is 1. The Morgan fingerprint density at radius 1 is 1.00 bits per heavy atom. The van der Waals surface area contributed by atoms with Crippen LogP contribution in [0.15, 0.2) is 83.3 Å². The number of benzene rings is 3. The van der Waals surface area contributed by atoms with Crippen LogP contribution in [0.1, 0.15) is 37.6 Å². The molecule has 0 bridgehead atoms. The lowest BCUT2D eigenvalue weighted by atomic mass is 10.1. The van der Waals surface area contributed by atoms with Gasteiger partial charge in [0.2, 0.25) is 0 Å². The molecule has 1 amide bonds. The molecule has 5 nitrogen and oxygen atoms in total. The fourth-order valence-electron chi connectivity index (χ4n) is 4.29. The fourth-order valence-corrected chi connectivity index (χ4v) is 9.22. The molecule has 184 valence electrons. The van der Waals surface area contributed by atoms with Gasteiger partial charge >= 0.3 is 6.09 Å². The lowest BCUT2D eigenvalue weighted by Crippen LogP contribution is -2.68. The zero-order chi connectivity index (χ0) is 25.6. The van der Waals surface area contributed by atoms with E-state index in [0.717, 1.165) is 10.4 Å². The van der Waals surface area contributed by atoms with Crippen LogP contribution in [0.2, 0.25) is 5.04 Å². The van der Waals surface area contributed by atoms with Crippen molar-refractivity contribution in [1.82, 2.24) is 5.32 Å². The average molecular weight is 559 g/mol. The minimum Gasteiger partial charge on any atom is -0.465 e. The Bertz CT molecular complexity index is 1130. The first-order chi connectivity index (χ1) is 16.5.